The lowest BCUT2D eigenvalue weighted by atomic mass is 10.1. The normalized spacial score (nSPS) is 13.4. The van der Waals surface area contributed by atoms with E-state index in [4.69, 9.17) is 0 Å². The van der Waals surface area contributed by atoms with Gasteiger partial charge in [0.2, 0.25) is 0 Å². The third kappa shape index (κ3) is 2.26. The second-order valence-corrected chi connectivity index (χ2v) is 3.58. The summed E-state index contributed by atoms with van der Waals surface area (Å²) in [5.41, 5.74) is 1.10. The Morgan fingerprint density at radius 2 is 2.08 bits per heavy atom. The average molecular weight is 167 g/mol. The summed E-state index contributed by atoms with van der Waals surface area (Å²) in [7, 11) is 1.92. The summed E-state index contributed by atoms with van der Waals surface area (Å²) in [6.45, 7) is 6.58. The van der Waals surface area contributed by atoms with Gasteiger partial charge >= 0.3 is 0 Å². The Morgan fingerprint density at radius 3 is 2.50 bits per heavy atom. The van der Waals surface area contributed by atoms with Gasteiger partial charge in [0.25, 0.3) is 0 Å². The van der Waals surface area contributed by atoms with Crippen LogP contribution in [0.25, 0.3) is 0 Å². The first-order valence-electron chi connectivity index (χ1n) is 4.35. The van der Waals surface area contributed by atoms with Crippen LogP contribution >= 0.6 is 0 Å². The van der Waals surface area contributed by atoms with Crippen LogP contribution < -0.4 is 5.32 Å². The fourth-order valence-electron chi connectivity index (χ4n) is 0.925. The molecule has 1 aromatic heterocycles. The molecule has 1 aromatic rings. The number of aromatic nitrogens is 2. The van der Waals surface area contributed by atoms with Gasteiger partial charge in [0, 0.05) is 19.3 Å². The first-order chi connectivity index (χ1) is 5.59. The van der Waals surface area contributed by atoms with Crippen LogP contribution in [0.1, 0.15) is 20.8 Å². The molecule has 1 atom stereocenters. The molecule has 0 fully saturated rings. The van der Waals surface area contributed by atoms with Gasteiger partial charge in [0.15, 0.2) is 0 Å². The number of rotatable bonds is 3. The van der Waals surface area contributed by atoms with Crippen molar-refractivity contribution in [2.24, 2.45) is 13.0 Å². The average Bonchev–Trinajstić information content (AvgIpc) is 2.35. The standard InChI is InChI=1S/C9H17N3/c1-7(2)8(3)11-9-5-10-12(4)6-9/h5-8,11H,1-4H3/t8-/m1/s1. The van der Waals surface area contributed by atoms with Crippen molar-refractivity contribution >= 4 is 5.69 Å². The molecular formula is C9H17N3. The number of hydrogen-bond donors (Lipinski definition) is 1. The third-order valence-electron chi connectivity index (χ3n) is 2.10. The lowest BCUT2D eigenvalue weighted by Gasteiger charge is -2.16. The summed E-state index contributed by atoms with van der Waals surface area (Å²) in [6.07, 6.45) is 3.83. The lowest BCUT2D eigenvalue weighted by Crippen LogP contribution is -2.21. The molecule has 0 bridgehead atoms. The summed E-state index contributed by atoms with van der Waals surface area (Å²) in [5, 5.41) is 7.46. The van der Waals surface area contributed by atoms with E-state index in [2.05, 4.69) is 31.2 Å². The maximum absolute atomic E-state index is 4.08. The Balaban J connectivity index is 2.52. The van der Waals surface area contributed by atoms with Crippen LogP contribution in [0.4, 0.5) is 5.69 Å². The van der Waals surface area contributed by atoms with Crippen molar-refractivity contribution < 1.29 is 0 Å². The van der Waals surface area contributed by atoms with Gasteiger partial charge in [-0.05, 0) is 12.8 Å². The fourth-order valence-corrected chi connectivity index (χ4v) is 0.925. The van der Waals surface area contributed by atoms with Gasteiger partial charge in [0.05, 0.1) is 11.9 Å². The first-order valence-corrected chi connectivity index (χ1v) is 4.35. The van der Waals surface area contributed by atoms with Crippen molar-refractivity contribution in [1.82, 2.24) is 9.78 Å². The van der Waals surface area contributed by atoms with E-state index in [0.29, 0.717) is 12.0 Å². The highest BCUT2D eigenvalue weighted by Gasteiger charge is 2.06. The first kappa shape index (κ1) is 9.10. The largest absolute Gasteiger partial charge is 0.380 e. The van der Waals surface area contributed by atoms with Crippen LogP contribution in [0.15, 0.2) is 12.4 Å². The molecule has 3 nitrogen and oxygen atoms in total. The maximum Gasteiger partial charge on any atom is 0.0728 e. The van der Waals surface area contributed by atoms with E-state index < -0.39 is 0 Å². The van der Waals surface area contributed by atoms with E-state index >= 15 is 0 Å². The van der Waals surface area contributed by atoms with Gasteiger partial charge in [-0.2, -0.15) is 5.10 Å². The van der Waals surface area contributed by atoms with E-state index in [9.17, 15) is 0 Å². The molecule has 68 valence electrons. The Morgan fingerprint density at radius 1 is 1.42 bits per heavy atom. The van der Waals surface area contributed by atoms with Crippen molar-refractivity contribution in [3.8, 4) is 0 Å². The molecule has 1 N–H and O–H groups in total. The molecule has 0 unspecified atom stereocenters. The molecule has 0 radical (unpaired) electrons. The van der Waals surface area contributed by atoms with Crippen LogP contribution in [0, 0.1) is 5.92 Å². The minimum Gasteiger partial charge on any atom is -0.380 e. The molecule has 1 rings (SSSR count). The molecule has 1 heterocycles. The zero-order valence-corrected chi connectivity index (χ0v) is 8.20. The predicted molar refractivity (Wildman–Crippen MR) is 51.1 cm³/mol. The molecule has 0 saturated heterocycles. The van der Waals surface area contributed by atoms with Crippen molar-refractivity contribution in [2.75, 3.05) is 5.32 Å². The number of hydrogen-bond acceptors (Lipinski definition) is 2. The highest BCUT2D eigenvalue weighted by atomic mass is 15.3. The second-order valence-electron chi connectivity index (χ2n) is 3.58. The maximum atomic E-state index is 4.08. The Kier molecular flexibility index (Phi) is 2.74. The Labute approximate surface area is 73.8 Å². The molecule has 0 aliphatic heterocycles. The van der Waals surface area contributed by atoms with Crippen LogP contribution in [0.2, 0.25) is 0 Å². The van der Waals surface area contributed by atoms with Gasteiger partial charge < -0.3 is 5.32 Å². The minimum atomic E-state index is 0.495. The monoisotopic (exact) mass is 167 g/mol. The van der Waals surface area contributed by atoms with Crippen molar-refractivity contribution in [3.05, 3.63) is 12.4 Å². The SMILES string of the molecule is CC(C)[C@@H](C)Nc1cnn(C)c1. The van der Waals surface area contributed by atoms with Crippen LogP contribution in [0.3, 0.4) is 0 Å². The smallest absolute Gasteiger partial charge is 0.0728 e. The molecule has 0 saturated carbocycles. The molecular weight excluding hydrogens is 150 g/mol. The second kappa shape index (κ2) is 3.61. The Hall–Kier alpha value is -0.990. The number of nitrogens with one attached hydrogen (secondary N) is 1. The summed E-state index contributed by atoms with van der Waals surface area (Å²) in [6, 6.07) is 0.495. The molecule has 0 aromatic carbocycles. The topological polar surface area (TPSA) is 29.9 Å². The minimum absolute atomic E-state index is 0.495. The van der Waals surface area contributed by atoms with Crippen LogP contribution in [0.5, 0.6) is 0 Å². The number of aryl methyl sites for hydroxylation is 1. The molecule has 0 spiro atoms. The molecule has 0 aliphatic rings. The molecule has 0 aliphatic carbocycles. The van der Waals surface area contributed by atoms with Crippen molar-refractivity contribution in [3.63, 3.8) is 0 Å². The summed E-state index contributed by atoms with van der Waals surface area (Å²) < 4.78 is 1.80. The molecule has 12 heavy (non-hydrogen) atoms. The van der Waals surface area contributed by atoms with Gasteiger partial charge in [-0.15, -0.1) is 0 Å². The van der Waals surface area contributed by atoms with E-state index in [1.165, 1.54) is 0 Å². The fraction of sp³-hybridized carbons (Fsp3) is 0.667. The lowest BCUT2D eigenvalue weighted by molar-refractivity contribution is 0.560. The van der Waals surface area contributed by atoms with Gasteiger partial charge in [-0.3, -0.25) is 4.68 Å². The van der Waals surface area contributed by atoms with E-state index in [1.54, 1.807) is 4.68 Å². The quantitative estimate of drug-likeness (QED) is 0.745. The van der Waals surface area contributed by atoms with Gasteiger partial charge in [-0.1, -0.05) is 13.8 Å². The molecule has 3 heteroatoms. The third-order valence-corrected chi connectivity index (χ3v) is 2.10. The number of anilines is 1. The predicted octanol–water partition coefficient (Wildman–Crippen LogP) is 1.88. The van der Waals surface area contributed by atoms with E-state index in [1.807, 2.05) is 19.4 Å². The van der Waals surface area contributed by atoms with Crippen molar-refractivity contribution in [1.29, 1.82) is 0 Å². The zero-order valence-electron chi connectivity index (χ0n) is 8.20. The summed E-state index contributed by atoms with van der Waals surface area (Å²) in [4.78, 5) is 0. The van der Waals surface area contributed by atoms with Crippen molar-refractivity contribution in [2.45, 2.75) is 26.8 Å². The highest BCUT2D eigenvalue weighted by molar-refractivity contribution is 5.39. The number of nitrogens with zero attached hydrogens (tertiary/aromatic N) is 2. The highest BCUT2D eigenvalue weighted by Crippen LogP contribution is 2.10. The van der Waals surface area contributed by atoms with Crippen LogP contribution in [-0.4, -0.2) is 15.8 Å². The molecule has 0 amide bonds. The van der Waals surface area contributed by atoms with Gasteiger partial charge in [0.1, 0.15) is 0 Å². The van der Waals surface area contributed by atoms with E-state index in [-0.39, 0.29) is 0 Å². The summed E-state index contributed by atoms with van der Waals surface area (Å²) in [5.74, 6) is 0.644. The summed E-state index contributed by atoms with van der Waals surface area (Å²) >= 11 is 0. The van der Waals surface area contributed by atoms with E-state index in [0.717, 1.165) is 5.69 Å². The van der Waals surface area contributed by atoms with Crippen LogP contribution in [-0.2, 0) is 7.05 Å². The Bertz CT molecular complexity index is 240. The zero-order chi connectivity index (χ0) is 9.14. The van der Waals surface area contributed by atoms with Gasteiger partial charge in [-0.25, -0.2) is 0 Å².